The van der Waals surface area contributed by atoms with Gasteiger partial charge >= 0.3 is 0 Å². The molecule has 30 heavy (non-hydrogen) atoms. The molecule has 0 unspecified atom stereocenters. The van der Waals surface area contributed by atoms with Crippen LogP contribution in [0.3, 0.4) is 0 Å². The van der Waals surface area contributed by atoms with E-state index in [1.54, 1.807) is 13.8 Å². The fourth-order valence-corrected chi connectivity index (χ4v) is 4.61. The average molecular weight is 436 g/mol. The van der Waals surface area contributed by atoms with E-state index in [1.807, 2.05) is 5.40 Å². The van der Waals surface area contributed by atoms with Crippen molar-refractivity contribution < 1.29 is 19.2 Å². The first kappa shape index (κ1) is 19.9. The van der Waals surface area contributed by atoms with Crippen LogP contribution in [0, 0.1) is 10.7 Å². The highest BCUT2D eigenvalue weighted by Gasteiger charge is 2.42. The first-order chi connectivity index (χ1) is 14.4. The van der Waals surface area contributed by atoms with Crippen molar-refractivity contribution in [2.45, 2.75) is 18.7 Å². The van der Waals surface area contributed by atoms with Gasteiger partial charge < -0.3 is 0 Å². The third-order valence-corrected chi connectivity index (χ3v) is 5.90. The van der Waals surface area contributed by atoms with Gasteiger partial charge in [-0.2, -0.15) is 10.3 Å². The molecule has 8 nitrogen and oxygen atoms in total. The van der Waals surface area contributed by atoms with Crippen LogP contribution < -0.4 is 0 Å². The van der Waals surface area contributed by atoms with Crippen LogP contribution in [-0.2, 0) is 0 Å². The van der Waals surface area contributed by atoms with Gasteiger partial charge in [0.15, 0.2) is 0 Å². The highest BCUT2D eigenvalue weighted by Crippen LogP contribution is 2.45. The summed E-state index contributed by atoms with van der Waals surface area (Å²) in [5.41, 5.74) is 0.565. The Hall–Kier alpha value is -3.38. The number of hydrogen-bond acceptors (Lipinski definition) is 8. The molecule has 2 aromatic carbocycles. The topological polar surface area (TPSA) is 111 Å². The first-order valence-electron chi connectivity index (χ1n) is 8.95. The van der Waals surface area contributed by atoms with E-state index in [9.17, 15) is 24.4 Å². The molecule has 2 heterocycles. The number of benzene rings is 2. The molecule has 0 radical (unpaired) electrons. The minimum atomic E-state index is -0.603. The van der Waals surface area contributed by atoms with Crippen LogP contribution in [0.4, 0.5) is 5.69 Å². The van der Waals surface area contributed by atoms with Crippen molar-refractivity contribution in [1.29, 1.82) is 5.26 Å². The summed E-state index contributed by atoms with van der Waals surface area (Å²) in [5, 5.41) is 13.8. The number of hydrogen-bond donors (Lipinski definition) is 0. The van der Waals surface area contributed by atoms with E-state index in [4.69, 9.17) is 12.2 Å². The number of rotatable bonds is 4. The molecule has 0 atom stereocenters. The number of thiocarbonyl (C=S) groups is 1. The third-order valence-electron chi connectivity index (χ3n) is 5.17. The van der Waals surface area contributed by atoms with E-state index >= 15 is 0 Å². The van der Waals surface area contributed by atoms with E-state index < -0.39 is 23.6 Å². The van der Waals surface area contributed by atoms with Crippen molar-refractivity contribution in [2.24, 2.45) is 4.99 Å². The number of amides is 4. The number of thiocyanates is 1. The largest absolute Gasteiger partial charge is 0.275 e. The zero-order valence-corrected chi connectivity index (χ0v) is 17.4. The predicted octanol–water partition coefficient (Wildman–Crippen LogP) is 3.38. The van der Waals surface area contributed by atoms with E-state index in [-0.39, 0.29) is 56.7 Å². The van der Waals surface area contributed by atoms with Crippen LogP contribution in [0.15, 0.2) is 22.0 Å². The summed E-state index contributed by atoms with van der Waals surface area (Å²) in [6, 6.07) is 2.85. The number of carbonyl (C=O) groups is 4. The minimum absolute atomic E-state index is 0.0646. The second kappa shape index (κ2) is 7.15. The van der Waals surface area contributed by atoms with Gasteiger partial charge in [0, 0.05) is 34.3 Å². The monoisotopic (exact) mass is 436 g/mol. The molecule has 0 spiro atoms. The molecular weight excluding hydrogens is 424 g/mol. The maximum Gasteiger partial charge on any atom is 0.263 e. The molecule has 2 aliphatic rings. The quantitative estimate of drug-likeness (QED) is 0.237. The average Bonchev–Trinajstić information content (AvgIpc) is 2.72. The predicted molar refractivity (Wildman–Crippen MR) is 112 cm³/mol. The minimum Gasteiger partial charge on any atom is -0.275 e. The maximum absolute atomic E-state index is 13.2. The summed E-state index contributed by atoms with van der Waals surface area (Å²) in [5.74, 6) is -2.29. The van der Waals surface area contributed by atoms with Crippen molar-refractivity contribution in [3.8, 4) is 5.40 Å². The fraction of sp³-hybridized carbons (Fsp3) is 0.200. The lowest BCUT2D eigenvalue weighted by atomic mass is 9.85. The van der Waals surface area contributed by atoms with Crippen LogP contribution in [0.1, 0.15) is 55.3 Å². The second-order valence-electron chi connectivity index (χ2n) is 6.47. The van der Waals surface area contributed by atoms with Crippen LogP contribution in [0.25, 0.3) is 10.8 Å². The van der Waals surface area contributed by atoms with Gasteiger partial charge in [0.25, 0.3) is 23.6 Å². The summed E-state index contributed by atoms with van der Waals surface area (Å²) < 4.78 is 0. The Morgan fingerprint density at radius 2 is 1.50 bits per heavy atom. The van der Waals surface area contributed by atoms with Crippen LogP contribution in [0.5, 0.6) is 0 Å². The number of nitrogens with zero attached hydrogens (tertiary/aromatic N) is 4. The number of carbonyl (C=O) groups excluding carboxylic acids is 4. The summed E-state index contributed by atoms with van der Waals surface area (Å²) in [7, 11) is 0. The molecule has 0 aliphatic carbocycles. The van der Waals surface area contributed by atoms with Crippen molar-refractivity contribution in [3.05, 3.63) is 34.4 Å². The van der Waals surface area contributed by atoms with Crippen LogP contribution >= 0.6 is 24.0 Å². The standard InChI is InChI=1S/C20H12N4O4S2/c1-3-23-17(25)9-5-11(22-8-29)14-16-13(9)10(18(23)26)6-12(30-7-21)15(16)20(28)24(4-2)19(14)27/h5-6H,3-4H2,1-2H3. The number of nitriles is 1. The SMILES string of the molecule is CCN1C(=O)c2cc(N=C=S)c3c4c(c(SC#N)cc(c24)C1=O)C(=O)N(CC)C3=O. The Labute approximate surface area is 180 Å². The lowest BCUT2D eigenvalue weighted by Crippen LogP contribution is -2.43. The van der Waals surface area contributed by atoms with Crippen LogP contribution in [0.2, 0.25) is 0 Å². The Bertz CT molecular complexity index is 1300. The van der Waals surface area contributed by atoms with Crippen molar-refractivity contribution >= 4 is 69.2 Å². The van der Waals surface area contributed by atoms with E-state index in [2.05, 4.69) is 10.2 Å². The first-order valence-corrected chi connectivity index (χ1v) is 10.2. The third kappa shape index (κ3) is 2.47. The van der Waals surface area contributed by atoms with E-state index in [1.165, 1.54) is 12.1 Å². The lowest BCUT2D eigenvalue weighted by molar-refractivity contribution is 0.0596. The zero-order chi connectivity index (χ0) is 21.7. The smallest absolute Gasteiger partial charge is 0.263 e. The Balaban J connectivity index is 2.30. The summed E-state index contributed by atoms with van der Waals surface area (Å²) in [6.07, 6.45) is 0. The van der Waals surface area contributed by atoms with Crippen molar-refractivity contribution in [1.82, 2.24) is 9.80 Å². The van der Waals surface area contributed by atoms with Gasteiger partial charge in [0.1, 0.15) is 5.40 Å². The van der Waals surface area contributed by atoms with Crippen molar-refractivity contribution in [3.63, 3.8) is 0 Å². The molecule has 0 fully saturated rings. The molecule has 4 amide bonds. The molecule has 10 heteroatoms. The highest BCUT2D eigenvalue weighted by atomic mass is 32.2. The molecule has 0 bridgehead atoms. The van der Waals surface area contributed by atoms with E-state index in [0.29, 0.717) is 11.8 Å². The van der Waals surface area contributed by atoms with Gasteiger partial charge in [0.2, 0.25) is 0 Å². The van der Waals surface area contributed by atoms with Gasteiger partial charge in [-0.25, -0.2) is 0 Å². The molecular formula is C20H12N4O4S2. The maximum atomic E-state index is 13.2. The molecule has 0 N–H and O–H groups in total. The number of aliphatic imine (C=N–C) groups is 1. The highest BCUT2D eigenvalue weighted by molar-refractivity contribution is 8.03. The molecule has 148 valence electrons. The van der Waals surface area contributed by atoms with Crippen LogP contribution in [-0.4, -0.2) is 51.7 Å². The Morgan fingerprint density at radius 1 is 0.933 bits per heavy atom. The van der Waals surface area contributed by atoms with Gasteiger partial charge in [-0.15, -0.1) is 0 Å². The molecule has 4 rings (SSSR count). The van der Waals surface area contributed by atoms with Gasteiger partial charge in [-0.3, -0.25) is 29.0 Å². The molecule has 2 aromatic rings. The fourth-order valence-electron chi connectivity index (χ4n) is 3.95. The van der Waals surface area contributed by atoms with Crippen molar-refractivity contribution in [2.75, 3.05) is 13.1 Å². The zero-order valence-electron chi connectivity index (χ0n) is 15.8. The number of isothiocyanates is 1. The molecule has 0 saturated heterocycles. The normalized spacial score (nSPS) is 14.8. The Morgan fingerprint density at radius 3 is 2.07 bits per heavy atom. The molecule has 0 saturated carbocycles. The van der Waals surface area contributed by atoms with Gasteiger partial charge in [-0.1, -0.05) is 0 Å². The second-order valence-corrected chi connectivity index (χ2v) is 7.48. The summed E-state index contributed by atoms with van der Waals surface area (Å²) in [4.78, 5) is 58.6. The molecule has 0 aromatic heterocycles. The number of thioether (sulfide) groups is 1. The lowest BCUT2D eigenvalue weighted by Gasteiger charge is -2.32. The van der Waals surface area contributed by atoms with E-state index in [0.717, 1.165) is 9.80 Å². The van der Waals surface area contributed by atoms with Gasteiger partial charge in [0.05, 0.1) is 27.5 Å². The Kier molecular flexibility index (Phi) is 4.74. The number of imide groups is 2. The summed E-state index contributed by atoms with van der Waals surface area (Å²) in [6.45, 7) is 3.55. The van der Waals surface area contributed by atoms with Gasteiger partial charge in [-0.05, 0) is 50.0 Å². The molecule has 2 aliphatic heterocycles. The summed E-state index contributed by atoms with van der Waals surface area (Å²) >= 11 is 5.43.